The lowest BCUT2D eigenvalue weighted by Crippen LogP contribution is -2.11. The van der Waals surface area contributed by atoms with Crippen molar-refractivity contribution in [2.24, 2.45) is 5.92 Å². The van der Waals surface area contributed by atoms with Gasteiger partial charge >= 0.3 is 0 Å². The van der Waals surface area contributed by atoms with Gasteiger partial charge < -0.3 is 10.5 Å². The van der Waals surface area contributed by atoms with E-state index in [2.05, 4.69) is 24.2 Å². The number of hydrogen-bond acceptors (Lipinski definition) is 4. The Morgan fingerprint density at radius 2 is 2.18 bits per heavy atom. The van der Waals surface area contributed by atoms with Crippen LogP contribution in [0.1, 0.15) is 44.7 Å². The Bertz CT molecular complexity index is 357. The molecule has 0 radical (unpaired) electrons. The van der Waals surface area contributed by atoms with Gasteiger partial charge in [-0.05, 0) is 25.2 Å². The molecule has 0 aromatic carbocycles. The third-order valence-electron chi connectivity index (χ3n) is 3.05. The summed E-state index contributed by atoms with van der Waals surface area (Å²) in [4.78, 5) is 0. The van der Waals surface area contributed by atoms with Gasteiger partial charge in [0.25, 0.3) is 0 Å². The molecular weight excluding hydrogens is 216 g/mol. The fourth-order valence-electron chi connectivity index (χ4n) is 1.85. The number of nitrogens with zero attached hydrogens (tertiary/aromatic N) is 3. The van der Waals surface area contributed by atoms with Crippen LogP contribution in [0.3, 0.4) is 0 Å². The molecule has 5 heteroatoms. The molecule has 0 unspecified atom stereocenters. The minimum Gasteiger partial charge on any atom is -0.381 e. The molecule has 1 aromatic rings. The second-order valence-corrected chi connectivity index (χ2v) is 5.15. The van der Waals surface area contributed by atoms with Crippen molar-refractivity contribution in [2.75, 3.05) is 18.9 Å². The number of hydrogen-bond donors (Lipinski definition) is 1. The lowest BCUT2D eigenvalue weighted by Gasteiger charge is -2.08. The van der Waals surface area contributed by atoms with Crippen LogP contribution in [0.5, 0.6) is 0 Å². The van der Waals surface area contributed by atoms with Crippen LogP contribution in [0.2, 0.25) is 0 Å². The lowest BCUT2D eigenvalue weighted by molar-refractivity contribution is 0.113. The Labute approximate surface area is 102 Å². The topological polar surface area (TPSA) is 66.0 Å². The van der Waals surface area contributed by atoms with E-state index in [-0.39, 0.29) is 0 Å². The van der Waals surface area contributed by atoms with Crippen molar-refractivity contribution < 1.29 is 4.74 Å². The number of ether oxygens (including phenoxy) is 1. The van der Waals surface area contributed by atoms with Gasteiger partial charge in [-0.25, -0.2) is 4.68 Å². The van der Waals surface area contributed by atoms with Crippen LogP contribution in [-0.4, -0.2) is 28.2 Å². The van der Waals surface area contributed by atoms with Crippen LogP contribution in [-0.2, 0) is 11.3 Å². The highest BCUT2D eigenvalue weighted by molar-refractivity contribution is 5.38. The van der Waals surface area contributed by atoms with Crippen molar-refractivity contribution in [2.45, 2.75) is 45.6 Å². The fourth-order valence-corrected chi connectivity index (χ4v) is 1.85. The second-order valence-electron chi connectivity index (χ2n) is 5.15. The van der Waals surface area contributed by atoms with Gasteiger partial charge in [0.05, 0.1) is 18.8 Å². The van der Waals surface area contributed by atoms with Crippen LogP contribution in [0.15, 0.2) is 0 Å². The van der Waals surface area contributed by atoms with E-state index in [1.807, 2.05) is 4.68 Å². The average molecular weight is 238 g/mol. The van der Waals surface area contributed by atoms with Crippen molar-refractivity contribution in [1.82, 2.24) is 15.0 Å². The summed E-state index contributed by atoms with van der Waals surface area (Å²) in [5, 5.41) is 8.01. The molecule has 0 amide bonds. The average Bonchev–Trinajstić information content (AvgIpc) is 3.03. The van der Waals surface area contributed by atoms with Crippen molar-refractivity contribution in [3.8, 4) is 0 Å². The molecule has 1 aliphatic carbocycles. The predicted octanol–water partition coefficient (Wildman–Crippen LogP) is 1.80. The molecule has 2 N–H and O–H groups in total. The van der Waals surface area contributed by atoms with E-state index in [0.29, 0.717) is 24.3 Å². The van der Waals surface area contributed by atoms with Crippen molar-refractivity contribution >= 4 is 5.82 Å². The third kappa shape index (κ3) is 3.43. The van der Waals surface area contributed by atoms with Crippen LogP contribution in [0.25, 0.3) is 0 Å². The number of rotatable bonds is 7. The maximum Gasteiger partial charge on any atom is 0.169 e. The predicted molar refractivity (Wildman–Crippen MR) is 66.7 cm³/mol. The van der Waals surface area contributed by atoms with Crippen molar-refractivity contribution in [1.29, 1.82) is 0 Å². The summed E-state index contributed by atoms with van der Waals surface area (Å²) in [5.41, 5.74) is 6.93. The molecule has 0 atom stereocenters. The monoisotopic (exact) mass is 238 g/mol. The van der Waals surface area contributed by atoms with Gasteiger partial charge in [-0.2, -0.15) is 0 Å². The second kappa shape index (κ2) is 5.49. The summed E-state index contributed by atoms with van der Waals surface area (Å²) in [6, 6.07) is 0. The van der Waals surface area contributed by atoms with E-state index in [4.69, 9.17) is 10.5 Å². The maximum absolute atomic E-state index is 5.82. The zero-order valence-corrected chi connectivity index (χ0v) is 10.7. The van der Waals surface area contributed by atoms with Gasteiger partial charge in [0.1, 0.15) is 0 Å². The SMILES string of the molecule is CC(C)CCOCCn1nnc(N)c1C1CC1. The fraction of sp³-hybridized carbons (Fsp3) is 0.833. The van der Waals surface area contributed by atoms with Crippen LogP contribution >= 0.6 is 0 Å². The van der Waals surface area contributed by atoms with E-state index in [1.54, 1.807) is 0 Å². The van der Waals surface area contributed by atoms with Crippen LogP contribution < -0.4 is 5.73 Å². The summed E-state index contributed by atoms with van der Waals surface area (Å²) in [5.74, 6) is 1.87. The Balaban J connectivity index is 1.75. The van der Waals surface area contributed by atoms with Gasteiger partial charge in [-0.15, -0.1) is 5.10 Å². The molecule has 2 rings (SSSR count). The summed E-state index contributed by atoms with van der Waals surface area (Å²) >= 11 is 0. The largest absolute Gasteiger partial charge is 0.381 e. The zero-order chi connectivity index (χ0) is 12.3. The van der Waals surface area contributed by atoms with E-state index in [0.717, 1.165) is 25.3 Å². The van der Waals surface area contributed by atoms with Crippen LogP contribution in [0.4, 0.5) is 5.82 Å². The van der Waals surface area contributed by atoms with E-state index >= 15 is 0 Å². The first-order valence-electron chi connectivity index (χ1n) is 6.45. The first-order chi connectivity index (χ1) is 8.18. The molecule has 1 fully saturated rings. The molecule has 0 saturated heterocycles. The number of nitrogen functional groups attached to an aromatic ring is 1. The molecule has 1 aromatic heterocycles. The number of anilines is 1. The Hall–Kier alpha value is -1.10. The molecular formula is C12H22N4O. The zero-order valence-electron chi connectivity index (χ0n) is 10.7. The molecule has 1 saturated carbocycles. The summed E-state index contributed by atoms with van der Waals surface area (Å²) in [7, 11) is 0. The van der Waals surface area contributed by atoms with Crippen LogP contribution in [0, 0.1) is 5.92 Å². The molecule has 0 spiro atoms. The van der Waals surface area contributed by atoms with Gasteiger partial charge in [0.2, 0.25) is 0 Å². The summed E-state index contributed by atoms with van der Waals surface area (Å²) in [6.45, 7) is 6.67. The highest BCUT2D eigenvalue weighted by atomic mass is 16.5. The minimum atomic E-state index is 0.584. The Morgan fingerprint density at radius 1 is 1.41 bits per heavy atom. The molecule has 1 aliphatic rings. The molecule has 96 valence electrons. The highest BCUT2D eigenvalue weighted by Crippen LogP contribution is 2.41. The molecule has 0 bridgehead atoms. The first kappa shape index (κ1) is 12.4. The van der Waals surface area contributed by atoms with Gasteiger partial charge in [-0.3, -0.25) is 0 Å². The normalized spacial score (nSPS) is 15.7. The standard InChI is InChI=1S/C12H22N4O/c1-9(2)5-7-17-8-6-16-11(10-3-4-10)12(13)14-15-16/h9-10H,3-8,13H2,1-2H3. The smallest absolute Gasteiger partial charge is 0.169 e. The Morgan fingerprint density at radius 3 is 2.82 bits per heavy atom. The quantitative estimate of drug-likeness (QED) is 0.736. The third-order valence-corrected chi connectivity index (χ3v) is 3.05. The molecule has 0 aliphatic heterocycles. The summed E-state index contributed by atoms with van der Waals surface area (Å²) < 4.78 is 7.49. The van der Waals surface area contributed by atoms with Gasteiger partial charge in [0.15, 0.2) is 5.82 Å². The van der Waals surface area contributed by atoms with Crippen molar-refractivity contribution in [3.05, 3.63) is 5.69 Å². The van der Waals surface area contributed by atoms with Gasteiger partial charge in [-0.1, -0.05) is 19.1 Å². The van der Waals surface area contributed by atoms with E-state index < -0.39 is 0 Å². The molecule has 17 heavy (non-hydrogen) atoms. The van der Waals surface area contributed by atoms with E-state index in [1.165, 1.54) is 12.8 Å². The number of nitrogens with two attached hydrogens (primary N) is 1. The molecule has 5 nitrogen and oxygen atoms in total. The lowest BCUT2D eigenvalue weighted by atomic mass is 10.1. The Kier molecular flexibility index (Phi) is 3.99. The van der Waals surface area contributed by atoms with E-state index in [9.17, 15) is 0 Å². The van der Waals surface area contributed by atoms with Crippen molar-refractivity contribution in [3.63, 3.8) is 0 Å². The first-order valence-corrected chi connectivity index (χ1v) is 6.45. The highest BCUT2D eigenvalue weighted by Gasteiger charge is 2.30. The van der Waals surface area contributed by atoms with Gasteiger partial charge in [0, 0.05) is 12.5 Å². The number of aromatic nitrogens is 3. The summed E-state index contributed by atoms with van der Waals surface area (Å²) in [6.07, 6.45) is 3.53. The minimum absolute atomic E-state index is 0.584. The maximum atomic E-state index is 5.82. The molecule has 1 heterocycles.